The summed E-state index contributed by atoms with van der Waals surface area (Å²) in [6, 6.07) is 12.3. The Bertz CT molecular complexity index is 1080. The first kappa shape index (κ1) is 27.9. The van der Waals surface area contributed by atoms with Gasteiger partial charge in [-0.2, -0.15) is 0 Å². The lowest BCUT2D eigenvalue weighted by Gasteiger charge is -2.42. The fraction of sp³-hybridized carbons (Fsp3) is 0.464. The van der Waals surface area contributed by atoms with Crippen LogP contribution in [-0.4, -0.2) is 40.5 Å². The predicted octanol–water partition coefficient (Wildman–Crippen LogP) is 5.44. The Kier molecular flexibility index (Phi) is 8.71. The van der Waals surface area contributed by atoms with Crippen LogP contribution in [0.2, 0.25) is 0 Å². The summed E-state index contributed by atoms with van der Waals surface area (Å²) >= 11 is 0. The van der Waals surface area contributed by atoms with Crippen LogP contribution in [0.3, 0.4) is 0 Å². The van der Waals surface area contributed by atoms with E-state index in [9.17, 15) is 14.4 Å². The molecule has 0 radical (unpaired) electrons. The van der Waals surface area contributed by atoms with E-state index in [1.54, 1.807) is 25.7 Å². The number of nitrogens with one attached hydrogen (secondary N) is 2. The van der Waals surface area contributed by atoms with Gasteiger partial charge < -0.3 is 20.3 Å². The number of ether oxygens (including phenoxy) is 1. The maximum absolute atomic E-state index is 13.8. The third kappa shape index (κ3) is 7.57. The highest BCUT2D eigenvalue weighted by Gasteiger charge is 2.39. The molecule has 0 saturated heterocycles. The first-order valence-electron chi connectivity index (χ1n) is 11.8. The molecule has 0 saturated carbocycles. The van der Waals surface area contributed by atoms with Crippen molar-refractivity contribution >= 4 is 23.6 Å². The number of rotatable bonds is 6. The molecule has 0 aromatic heterocycles. The summed E-state index contributed by atoms with van der Waals surface area (Å²) < 4.78 is 5.27. The number of nitrogens with zero attached hydrogens (tertiary/aromatic N) is 1. The molecular formula is C28H39N3O4. The molecular weight excluding hydrogens is 442 g/mol. The zero-order chi connectivity index (χ0) is 26.6. The van der Waals surface area contributed by atoms with Crippen LogP contribution in [0, 0.1) is 20.8 Å². The van der Waals surface area contributed by atoms with Crippen molar-refractivity contribution in [2.75, 3.05) is 11.9 Å². The van der Waals surface area contributed by atoms with Crippen molar-refractivity contribution in [2.45, 2.75) is 79.5 Å². The molecule has 190 valence electrons. The van der Waals surface area contributed by atoms with E-state index in [0.717, 1.165) is 22.3 Å². The van der Waals surface area contributed by atoms with E-state index in [0.29, 0.717) is 5.69 Å². The number of aryl methyl sites for hydroxylation is 2. The van der Waals surface area contributed by atoms with Gasteiger partial charge in [0.25, 0.3) is 5.91 Å². The molecule has 7 heteroatoms. The maximum Gasteiger partial charge on any atom is 0.408 e. The molecule has 1 unspecified atom stereocenters. The molecule has 2 N–H and O–H groups in total. The Morgan fingerprint density at radius 2 is 1.49 bits per heavy atom. The predicted molar refractivity (Wildman–Crippen MR) is 139 cm³/mol. The van der Waals surface area contributed by atoms with Crippen LogP contribution >= 0.6 is 0 Å². The van der Waals surface area contributed by atoms with Gasteiger partial charge in [-0.3, -0.25) is 9.59 Å². The highest BCUT2D eigenvalue weighted by Crippen LogP contribution is 2.33. The minimum absolute atomic E-state index is 0.300. The zero-order valence-corrected chi connectivity index (χ0v) is 22.4. The molecule has 3 amide bonds. The van der Waals surface area contributed by atoms with Gasteiger partial charge in [0.15, 0.2) is 0 Å². The van der Waals surface area contributed by atoms with Gasteiger partial charge in [-0.1, -0.05) is 36.4 Å². The first-order chi connectivity index (χ1) is 16.1. The number of hydrogen-bond acceptors (Lipinski definition) is 4. The molecule has 35 heavy (non-hydrogen) atoms. The summed E-state index contributed by atoms with van der Waals surface area (Å²) in [4.78, 5) is 41.1. The van der Waals surface area contributed by atoms with Crippen molar-refractivity contribution in [1.29, 1.82) is 0 Å². The third-order valence-corrected chi connectivity index (χ3v) is 5.62. The van der Waals surface area contributed by atoms with E-state index in [-0.39, 0.29) is 12.5 Å². The normalized spacial score (nSPS) is 12.5. The third-order valence-electron chi connectivity index (χ3n) is 5.62. The van der Waals surface area contributed by atoms with Gasteiger partial charge in [-0.05, 0) is 90.6 Å². The van der Waals surface area contributed by atoms with Gasteiger partial charge in [0.1, 0.15) is 18.2 Å². The number of para-hydroxylation sites is 1. The molecule has 2 aromatic rings. The number of anilines is 1. The Balaban J connectivity index is 2.49. The molecule has 0 aliphatic rings. The van der Waals surface area contributed by atoms with Crippen LogP contribution in [0.5, 0.6) is 0 Å². The lowest BCUT2D eigenvalue weighted by Crippen LogP contribution is -2.54. The lowest BCUT2D eigenvalue weighted by atomic mass is 9.92. The van der Waals surface area contributed by atoms with Crippen molar-refractivity contribution < 1.29 is 19.1 Å². The quantitative estimate of drug-likeness (QED) is 0.575. The summed E-state index contributed by atoms with van der Waals surface area (Å²) in [5.74, 6) is -0.720. The summed E-state index contributed by atoms with van der Waals surface area (Å²) in [6.07, 6.45) is -0.688. The zero-order valence-electron chi connectivity index (χ0n) is 22.4. The van der Waals surface area contributed by atoms with Gasteiger partial charge in [-0.15, -0.1) is 0 Å². The molecule has 2 rings (SSSR count). The van der Waals surface area contributed by atoms with Gasteiger partial charge in [-0.25, -0.2) is 4.79 Å². The van der Waals surface area contributed by atoms with Crippen molar-refractivity contribution in [2.24, 2.45) is 0 Å². The molecule has 0 spiro atoms. The van der Waals surface area contributed by atoms with Crippen LogP contribution in [0.1, 0.15) is 69.8 Å². The number of carbonyl (C=O) groups is 3. The number of amides is 3. The van der Waals surface area contributed by atoms with Crippen LogP contribution in [-0.2, 0) is 14.3 Å². The van der Waals surface area contributed by atoms with Crippen LogP contribution in [0.15, 0.2) is 42.5 Å². The van der Waals surface area contributed by atoms with Crippen LogP contribution in [0.25, 0.3) is 0 Å². The fourth-order valence-corrected chi connectivity index (χ4v) is 3.83. The fourth-order valence-electron chi connectivity index (χ4n) is 3.83. The Labute approximate surface area is 209 Å². The van der Waals surface area contributed by atoms with E-state index >= 15 is 0 Å². The van der Waals surface area contributed by atoms with Crippen molar-refractivity contribution in [3.8, 4) is 0 Å². The molecule has 2 aromatic carbocycles. The average Bonchev–Trinajstić information content (AvgIpc) is 2.72. The maximum atomic E-state index is 13.8. The van der Waals surface area contributed by atoms with E-state index in [4.69, 9.17) is 4.74 Å². The largest absolute Gasteiger partial charge is 0.444 e. The topological polar surface area (TPSA) is 87.7 Å². The summed E-state index contributed by atoms with van der Waals surface area (Å²) in [5.41, 5.74) is 2.87. The molecule has 7 nitrogen and oxygen atoms in total. The molecule has 0 aliphatic heterocycles. The lowest BCUT2D eigenvalue weighted by molar-refractivity contribution is -0.144. The Morgan fingerprint density at radius 3 is 2.06 bits per heavy atom. The van der Waals surface area contributed by atoms with E-state index in [1.807, 2.05) is 84.0 Å². The number of hydrogen-bond donors (Lipinski definition) is 2. The first-order valence-corrected chi connectivity index (χ1v) is 11.8. The van der Waals surface area contributed by atoms with Gasteiger partial charge >= 0.3 is 6.09 Å². The second-order valence-electron chi connectivity index (χ2n) is 10.8. The van der Waals surface area contributed by atoms with Crippen LogP contribution in [0.4, 0.5) is 10.5 Å². The molecule has 0 heterocycles. The second-order valence-corrected chi connectivity index (χ2v) is 10.8. The smallest absolute Gasteiger partial charge is 0.408 e. The molecule has 0 bridgehead atoms. The summed E-state index contributed by atoms with van der Waals surface area (Å²) in [6.45, 7) is 16.4. The Morgan fingerprint density at radius 1 is 0.886 bits per heavy atom. The highest BCUT2D eigenvalue weighted by atomic mass is 16.6. The SMILES string of the molecule is Cc1ccccc1NC(=O)C(c1cccc(C)c1C)N(C(=O)CNC(=O)OC(C)(C)C)C(C)(C)C. The Hall–Kier alpha value is -3.35. The monoisotopic (exact) mass is 481 g/mol. The van der Waals surface area contributed by atoms with E-state index in [2.05, 4.69) is 10.6 Å². The summed E-state index contributed by atoms with van der Waals surface area (Å²) in [5, 5.41) is 5.55. The minimum atomic E-state index is -0.914. The molecule has 0 fully saturated rings. The van der Waals surface area contributed by atoms with Gasteiger partial charge in [0.05, 0.1) is 0 Å². The standard InChI is InChI=1S/C28H39N3O4/c1-18-14-12-15-21(20(18)3)24(25(33)30-22-16-11-10-13-19(22)2)31(27(4,5)6)23(32)17-29-26(34)35-28(7,8)9/h10-16,24H,17H2,1-9H3,(H,29,34)(H,30,33). The molecule has 1 atom stereocenters. The number of benzene rings is 2. The van der Waals surface area contributed by atoms with E-state index < -0.39 is 29.2 Å². The minimum Gasteiger partial charge on any atom is -0.444 e. The number of alkyl carbamates (subject to hydrolysis) is 1. The molecule has 0 aliphatic carbocycles. The number of carbonyl (C=O) groups excluding carboxylic acids is 3. The van der Waals surface area contributed by atoms with Crippen molar-refractivity contribution in [1.82, 2.24) is 10.2 Å². The van der Waals surface area contributed by atoms with Gasteiger partial charge in [0, 0.05) is 11.2 Å². The average molecular weight is 482 g/mol. The van der Waals surface area contributed by atoms with Crippen LogP contribution < -0.4 is 10.6 Å². The van der Waals surface area contributed by atoms with Crippen molar-refractivity contribution in [3.63, 3.8) is 0 Å². The van der Waals surface area contributed by atoms with E-state index in [1.165, 1.54) is 0 Å². The highest BCUT2D eigenvalue weighted by molar-refractivity contribution is 5.99. The van der Waals surface area contributed by atoms with Crippen molar-refractivity contribution in [3.05, 3.63) is 64.7 Å². The van der Waals surface area contributed by atoms with Gasteiger partial charge in [0.2, 0.25) is 5.91 Å². The summed E-state index contributed by atoms with van der Waals surface area (Å²) in [7, 11) is 0. The second kappa shape index (κ2) is 10.9.